The highest BCUT2D eigenvalue weighted by Gasteiger charge is 2.22. The average molecular weight is 344 g/mol. The zero-order chi connectivity index (χ0) is 16.4. The number of aryl methyl sites for hydroxylation is 1. The first-order chi connectivity index (χ1) is 10.3. The van der Waals surface area contributed by atoms with Crippen LogP contribution >= 0.6 is 22.9 Å². The number of carboxylic acid groups (broad SMARTS) is 1. The Morgan fingerprint density at radius 3 is 2.68 bits per heavy atom. The van der Waals surface area contributed by atoms with Gasteiger partial charge in [0.25, 0.3) is 0 Å². The number of aliphatic carboxylic acids is 1. The number of nitrogens with zero attached hydrogens (tertiary/aromatic N) is 2. The lowest BCUT2D eigenvalue weighted by molar-refractivity contribution is -0.134. The van der Waals surface area contributed by atoms with Crippen molar-refractivity contribution in [1.82, 2.24) is 9.97 Å². The molecule has 0 unspecified atom stereocenters. The number of hydrogen-bond donors (Lipinski definition) is 2. The minimum absolute atomic E-state index is 0.0228. The molecule has 0 aromatic carbocycles. The SMILES string of the molecule is Cc1c(C(=O)OC(C)C)sc2nc(Cl)nc(NCC(=O)O)c12. The van der Waals surface area contributed by atoms with Crippen molar-refractivity contribution in [3.05, 3.63) is 15.7 Å². The summed E-state index contributed by atoms with van der Waals surface area (Å²) < 4.78 is 5.19. The number of carbonyl (C=O) groups excluding carboxylic acids is 1. The molecule has 0 saturated carbocycles. The fourth-order valence-corrected chi connectivity index (χ4v) is 3.15. The van der Waals surface area contributed by atoms with Crippen LogP contribution in [0, 0.1) is 6.92 Å². The monoisotopic (exact) mass is 343 g/mol. The maximum Gasteiger partial charge on any atom is 0.348 e. The van der Waals surface area contributed by atoms with Crippen LogP contribution in [0.1, 0.15) is 29.1 Å². The number of carbonyl (C=O) groups is 2. The number of halogens is 1. The van der Waals surface area contributed by atoms with Crippen molar-refractivity contribution < 1.29 is 19.4 Å². The summed E-state index contributed by atoms with van der Waals surface area (Å²) in [6.45, 7) is 4.94. The summed E-state index contributed by atoms with van der Waals surface area (Å²) in [5.74, 6) is -1.19. The molecule has 7 nitrogen and oxygen atoms in total. The van der Waals surface area contributed by atoms with Gasteiger partial charge in [-0.2, -0.15) is 0 Å². The Kier molecular flexibility index (Phi) is 4.82. The predicted octanol–water partition coefficient (Wildman–Crippen LogP) is 2.71. The van der Waals surface area contributed by atoms with E-state index in [1.54, 1.807) is 20.8 Å². The topological polar surface area (TPSA) is 101 Å². The standard InChI is InChI=1S/C13H14ClN3O4S/c1-5(2)21-12(20)9-6(3)8-10(15-4-7(18)19)16-13(14)17-11(8)22-9/h5H,4H2,1-3H3,(H,18,19)(H,15,16,17). The maximum atomic E-state index is 12.1. The summed E-state index contributed by atoms with van der Waals surface area (Å²) >= 11 is 6.98. The van der Waals surface area contributed by atoms with Gasteiger partial charge in [-0.3, -0.25) is 4.79 Å². The first-order valence-corrected chi connectivity index (χ1v) is 7.62. The number of nitrogens with one attached hydrogen (secondary N) is 1. The second kappa shape index (κ2) is 6.45. The van der Waals surface area contributed by atoms with E-state index in [1.807, 2.05) is 0 Å². The molecule has 0 spiro atoms. The summed E-state index contributed by atoms with van der Waals surface area (Å²) in [7, 11) is 0. The summed E-state index contributed by atoms with van der Waals surface area (Å²) in [5, 5.41) is 12.0. The fraction of sp³-hybridized carbons (Fsp3) is 0.385. The van der Waals surface area contributed by atoms with Gasteiger partial charge in [-0.05, 0) is 37.9 Å². The van der Waals surface area contributed by atoms with E-state index in [4.69, 9.17) is 21.4 Å². The number of thiophene rings is 1. The van der Waals surface area contributed by atoms with Gasteiger partial charge in [-0.1, -0.05) is 0 Å². The molecule has 2 aromatic heterocycles. The first kappa shape index (κ1) is 16.4. The molecule has 0 fully saturated rings. The highest BCUT2D eigenvalue weighted by atomic mass is 35.5. The van der Waals surface area contributed by atoms with Crippen LogP contribution in [0.4, 0.5) is 5.82 Å². The second-order valence-electron chi connectivity index (χ2n) is 4.78. The van der Waals surface area contributed by atoms with E-state index >= 15 is 0 Å². The molecule has 0 bridgehead atoms. The van der Waals surface area contributed by atoms with Crippen molar-refractivity contribution in [1.29, 1.82) is 0 Å². The smallest absolute Gasteiger partial charge is 0.348 e. The van der Waals surface area contributed by atoms with Crippen molar-refractivity contribution in [2.24, 2.45) is 0 Å². The molecule has 2 aromatic rings. The predicted molar refractivity (Wildman–Crippen MR) is 83.8 cm³/mol. The molecule has 0 aliphatic rings. The highest BCUT2D eigenvalue weighted by molar-refractivity contribution is 7.20. The van der Waals surface area contributed by atoms with Crippen molar-refractivity contribution in [2.75, 3.05) is 11.9 Å². The Morgan fingerprint density at radius 1 is 1.41 bits per heavy atom. The van der Waals surface area contributed by atoms with Crippen LogP contribution in [0.5, 0.6) is 0 Å². The van der Waals surface area contributed by atoms with Crippen LogP contribution < -0.4 is 5.32 Å². The zero-order valence-electron chi connectivity index (χ0n) is 12.1. The number of hydrogen-bond acceptors (Lipinski definition) is 7. The lowest BCUT2D eigenvalue weighted by Crippen LogP contribution is -2.14. The van der Waals surface area contributed by atoms with E-state index in [1.165, 1.54) is 0 Å². The molecular weight excluding hydrogens is 330 g/mol. The van der Waals surface area contributed by atoms with Gasteiger partial charge in [0.05, 0.1) is 11.5 Å². The number of ether oxygens (including phenoxy) is 1. The molecule has 0 saturated heterocycles. The number of rotatable bonds is 5. The van der Waals surface area contributed by atoms with Crippen LogP contribution in [0.15, 0.2) is 0 Å². The number of carboxylic acids is 1. The Hall–Kier alpha value is -1.93. The van der Waals surface area contributed by atoms with Crippen LogP contribution in [0.3, 0.4) is 0 Å². The molecule has 0 amide bonds. The largest absolute Gasteiger partial charge is 0.480 e. The van der Waals surface area contributed by atoms with Crippen LogP contribution in [-0.2, 0) is 9.53 Å². The molecule has 2 N–H and O–H groups in total. The average Bonchev–Trinajstić information content (AvgIpc) is 2.72. The number of fused-ring (bicyclic) bond motifs is 1. The molecule has 2 rings (SSSR count). The summed E-state index contributed by atoms with van der Waals surface area (Å²) in [6, 6.07) is 0. The van der Waals surface area contributed by atoms with Crippen molar-refractivity contribution >= 4 is 50.9 Å². The van der Waals surface area contributed by atoms with E-state index in [2.05, 4.69) is 15.3 Å². The van der Waals surface area contributed by atoms with Crippen molar-refractivity contribution in [2.45, 2.75) is 26.9 Å². The molecule has 2 heterocycles. The summed E-state index contributed by atoms with van der Waals surface area (Å²) in [4.78, 5) is 31.8. The molecule has 0 aliphatic carbocycles. The third-order valence-corrected chi connectivity index (χ3v) is 4.03. The molecular formula is C13H14ClN3O4S. The van der Waals surface area contributed by atoms with Gasteiger partial charge in [0.1, 0.15) is 22.1 Å². The van der Waals surface area contributed by atoms with Gasteiger partial charge < -0.3 is 15.2 Å². The molecule has 22 heavy (non-hydrogen) atoms. The summed E-state index contributed by atoms with van der Waals surface area (Å²) in [6.07, 6.45) is -0.239. The third kappa shape index (κ3) is 3.45. The van der Waals surface area contributed by atoms with E-state index in [0.29, 0.717) is 20.7 Å². The van der Waals surface area contributed by atoms with Crippen molar-refractivity contribution in [3.63, 3.8) is 0 Å². The van der Waals surface area contributed by atoms with E-state index < -0.39 is 11.9 Å². The van der Waals surface area contributed by atoms with Gasteiger partial charge in [-0.15, -0.1) is 11.3 Å². The van der Waals surface area contributed by atoms with Gasteiger partial charge in [-0.25, -0.2) is 14.8 Å². The number of esters is 1. The quantitative estimate of drug-likeness (QED) is 0.635. The van der Waals surface area contributed by atoms with Gasteiger partial charge in [0.2, 0.25) is 5.28 Å². The van der Waals surface area contributed by atoms with E-state index in [0.717, 1.165) is 11.3 Å². The van der Waals surface area contributed by atoms with E-state index in [9.17, 15) is 9.59 Å². The van der Waals surface area contributed by atoms with Crippen LogP contribution in [0.2, 0.25) is 5.28 Å². The highest BCUT2D eigenvalue weighted by Crippen LogP contribution is 2.35. The zero-order valence-corrected chi connectivity index (χ0v) is 13.7. The van der Waals surface area contributed by atoms with Gasteiger partial charge in [0, 0.05) is 0 Å². The minimum atomic E-state index is -1.03. The maximum absolute atomic E-state index is 12.1. The molecule has 118 valence electrons. The summed E-state index contributed by atoms with van der Waals surface area (Å²) in [5.41, 5.74) is 0.634. The van der Waals surface area contributed by atoms with Crippen LogP contribution in [0.25, 0.3) is 10.2 Å². The Balaban J connectivity index is 2.51. The number of aromatic nitrogens is 2. The lowest BCUT2D eigenvalue weighted by Gasteiger charge is -2.07. The Morgan fingerprint density at radius 2 is 2.09 bits per heavy atom. The van der Waals surface area contributed by atoms with Gasteiger partial charge >= 0.3 is 11.9 Å². The first-order valence-electron chi connectivity index (χ1n) is 6.43. The van der Waals surface area contributed by atoms with Crippen LogP contribution in [-0.4, -0.2) is 39.7 Å². The Labute approximate surface area is 135 Å². The normalized spacial score (nSPS) is 11.0. The molecule has 9 heteroatoms. The Bertz CT molecular complexity index is 744. The van der Waals surface area contributed by atoms with E-state index in [-0.39, 0.29) is 23.8 Å². The van der Waals surface area contributed by atoms with Crippen molar-refractivity contribution in [3.8, 4) is 0 Å². The molecule has 0 radical (unpaired) electrons. The fourth-order valence-electron chi connectivity index (χ4n) is 1.86. The third-order valence-electron chi connectivity index (χ3n) is 2.70. The lowest BCUT2D eigenvalue weighted by atomic mass is 10.2. The number of anilines is 1. The van der Waals surface area contributed by atoms with Gasteiger partial charge in [0.15, 0.2) is 0 Å². The minimum Gasteiger partial charge on any atom is -0.480 e. The molecule has 0 aliphatic heterocycles. The molecule has 0 atom stereocenters. The second-order valence-corrected chi connectivity index (χ2v) is 6.12.